The van der Waals surface area contributed by atoms with Gasteiger partial charge in [-0.05, 0) is 31.2 Å². The second-order valence-electron chi connectivity index (χ2n) is 5.57. The number of amides is 1. The summed E-state index contributed by atoms with van der Waals surface area (Å²) in [6.45, 7) is 2.27. The molecule has 28 heavy (non-hydrogen) atoms. The van der Waals surface area contributed by atoms with Gasteiger partial charge in [0.1, 0.15) is 21.4 Å². The Hall–Kier alpha value is -3.46. The molecule has 0 aliphatic heterocycles. The Morgan fingerprint density at radius 1 is 1.29 bits per heavy atom. The van der Waals surface area contributed by atoms with Crippen molar-refractivity contribution in [3.63, 3.8) is 0 Å². The normalized spacial score (nSPS) is 10.3. The highest BCUT2D eigenvalue weighted by Gasteiger charge is 2.18. The maximum atomic E-state index is 12.3. The predicted molar refractivity (Wildman–Crippen MR) is 109 cm³/mol. The lowest BCUT2D eigenvalue weighted by Crippen LogP contribution is -2.14. The zero-order valence-electron chi connectivity index (χ0n) is 15.1. The van der Waals surface area contributed by atoms with Crippen LogP contribution in [0.15, 0.2) is 42.7 Å². The van der Waals surface area contributed by atoms with Crippen LogP contribution in [0.3, 0.4) is 0 Å². The molecular weight excluding hydrogens is 376 g/mol. The smallest absolute Gasteiger partial charge is 0.275 e. The second-order valence-corrected chi connectivity index (χ2v) is 6.57. The molecule has 0 bridgehead atoms. The number of aromatic nitrogens is 3. The van der Waals surface area contributed by atoms with Gasteiger partial charge in [-0.15, -0.1) is 11.3 Å². The minimum absolute atomic E-state index is 0.212. The number of pyridine rings is 2. The van der Waals surface area contributed by atoms with Crippen molar-refractivity contribution in [2.24, 2.45) is 0 Å². The first kappa shape index (κ1) is 19.3. The zero-order chi connectivity index (χ0) is 19.9. The van der Waals surface area contributed by atoms with Crippen LogP contribution in [-0.2, 0) is 0 Å². The summed E-state index contributed by atoms with van der Waals surface area (Å²) >= 11 is 1.31. The van der Waals surface area contributed by atoms with Crippen molar-refractivity contribution < 1.29 is 9.53 Å². The lowest BCUT2D eigenvalue weighted by molar-refractivity contribution is 0.102. The highest BCUT2D eigenvalue weighted by molar-refractivity contribution is 7.17. The van der Waals surface area contributed by atoms with E-state index >= 15 is 0 Å². The van der Waals surface area contributed by atoms with Crippen LogP contribution in [0, 0.1) is 10.8 Å². The highest BCUT2D eigenvalue weighted by Crippen LogP contribution is 2.34. The Bertz CT molecular complexity index is 1000. The molecule has 0 atom stereocenters. The minimum Gasteiger partial charge on any atom is -0.477 e. The lowest BCUT2D eigenvalue weighted by atomic mass is 10.2. The van der Waals surface area contributed by atoms with Gasteiger partial charge in [0.05, 0.1) is 12.3 Å². The van der Waals surface area contributed by atoms with Gasteiger partial charge in [0.15, 0.2) is 0 Å². The molecule has 9 heteroatoms. The van der Waals surface area contributed by atoms with E-state index in [9.17, 15) is 4.79 Å². The molecule has 3 aromatic rings. The van der Waals surface area contributed by atoms with Crippen LogP contribution >= 0.6 is 11.3 Å². The molecule has 1 amide bonds. The molecule has 0 aliphatic carbocycles. The number of nitrogens with one attached hydrogen (secondary N) is 3. The predicted octanol–water partition coefficient (Wildman–Crippen LogP) is 3.66. The number of rotatable bonds is 8. The number of ether oxygens (including phenoxy) is 1. The molecule has 0 fully saturated rings. The largest absolute Gasteiger partial charge is 0.477 e. The Kier molecular flexibility index (Phi) is 6.18. The van der Waals surface area contributed by atoms with Gasteiger partial charge in [0, 0.05) is 30.6 Å². The van der Waals surface area contributed by atoms with Gasteiger partial charge in [-0.3, -0.25) is 9.78 Å². The third-order valence-electron chi connectivity index (χ3n) is 3.60. The van der Waals surface area contributed by atoms with Crippen LogP contribution in [0.2, 0.25) is 0 Å². The standard InChI is InChI=1S/C19H18N6O2S/c1-2-27-18-16(13(21)6-8-20)28-19(25-18)12-7-10-23-15(11-12)24-17(26)14-5-3-4-9-22-14/h3-5,7-11,20-21H,2,6H2,1H3,(H,23,24,26). The summed E-state index contributed by atoms with van der Waals surface area (Å²) in [5.41, 5.74) is 1.32. The van der Waals surface area contributed by atoms with Gasteiger partial charge in [0.25, 0.3) is 5.91 Å². The Labute approximate surface area is 165 Å². The van der Waals surface area contributed by atoms with E-state index in [2.05, 4.69) is 20.3 Å². The first-order valence-electron chi connectivity index (χ1n) is 8.51. The number of anilines is 1. The second kappa shape index (κ2) is 8.96. The molecule has 3 aromatic heterocycles. The van der Waals surface area contributed by atoms with Crippen LogP contribution in [0.5, 0.6) is 5.88 Å². The van der Waals surface area contributed by atoms with Crippen molar-refractivity contribution in [3.05, 3.63) is 53.3 Å². The summed E-state index contributed by atoms with van der Waals surface area (Å²) in [7, 11) is 0. The van der Waals surface area contributed by atoms with Gasteiger partial charge in [-0.2, -0.15) is 0 Å². The number of carbonyl (C=O) groups is 1. The molecule has 0 saturated carbocycles. The van der Waals surface area contributed by atoms with Crippen LogP contribution in [0.4, 0.5) is 5.82 Å². The van der Waals surface area contributed by atoms with E-state index < -0.39 is 0 Å². The van der Waals surface area contributed by atoms with Gasteiger partial charge in [-0.1, -0.05) is 6.07 Å². The van der Waals surface area contributed by atoms with Gasteiger partial charge in [-0.25, -0.2) is 9.97 Å². The van der Waals surface area contributed by atoms with E-state index in [1.54, 1.807) is 42.7 Å². The third kappa shape index (κ3) is 4.44. The summed E-state index contributed by atoms with van der Waals surface area (Å²) in [6.07, 6.45) is 4.51. The average molecular weight is 394 g/mol. The Balaban J connectivity index is 1.87. The van der Waals surface area contributed by atoms with E-state index in [0.29, 0.717) is 33.9 Å². The fraction of sp³-hybridized carbons (Fsp3) is 0.158. The van der Waals surface area contributed by atoms with Crippen LogP contribution < -0.4 is 10.1 Å². The summed E-state index contributed by atoms with van der Waals surface area (Å²) in [5.74, 6) is 0.399. The van der Waals surface area contributed by atoms with Gasteiger partial charge < -0.3 is 20.9 Å². The van der Waals surface area contributed by atoms with E-state index in [4.69, 9.17) is 15.6 Å². The molecule has 142 valence electrons. The number of thiazole rings is 1. The lowest BCUT2D eigenvalue weighted by Gasteiger charge is -2.05. The molecule has 3 heterocycles. The summed E-state index contributed by atoms with van der Waals surface area (Å²) in [5, 5.41) is 18.7. The molecule has 0 unspecified atom stereocenters. The van der Waals surface area contributed by atoms with E-state index in [-0.39, 0.29) is 18.0 Å². The molecule has 0 aliphatic rings. The highest BCUT2D eigenvalue weighted by atomic mass is 32.1. The molecule has 3 N–H and O–H groups in total. The number of nitrogens with zero attached hydrogens (tertiary/aromatic N) is 3. The third-order valence-corrected chi connectivity index (χ3v) is 4.75. The fourth-order valence-corrected chi connectivity index (χ4v) is 3.32. The topological polar surface area (TPSA) is 125 Å². The van der Waals surface area contributed by atoms with Crippen molar-refractivity contribution in [2.45, 2.75) is 13.3 Å². The molecular formula is C19H18N6O2S. The van der Waals surface area contributed by atoms with Crippen molar-refractivity contribution >= 4 is 35.0 Å². The first-order chi connectivity index (χ1) is 13.6. The molecule has 0 saturated heterocycles. The maximum Gasteiger partial charge on any atom is 0.275 e. The van der Waals surface area contributed by atoms with E-state index in [1.807, 2.05) is 6.92 Å². The Morgan fingerprint density at radius 2 is 2.14 bits per heavy atom. The molecule has 8 nitrogen and oxygen atoms in total. The van der Waals surface area contributed by atoms with Crippen molar-refractivity contribution in [1.82, 2.24) is 15.0 Å². The average Bonchev–Trinajstić information content (AvgIpc) is 3.13. The monoisotopic (exact) mass is 394 g/mol. The van der Waals surface area contributed by atoms with Crippen LogP contribution in [0.25, 0.3) is 10.6 Å². The molecule has 0 aromatic carbocycles. The van der Waals surface area contributed by atoms with Crippen molar-refractivity contribution in [1.29, 1.82) is 10.8 Å². The SMILES string of the molecule is CCOc1nc(-c2ccnc(NC(=O)c3ccccn3)c2)sc1C(=N)CC=N. The van der Waals surface area contributed by atoms with E-state index in [0.717, 1.165) is 5.56 Å². The summed E-state index contributed by atoms with van der Waals surface area (Å²) < 4.78 is 5.55. The van der Waals surface area contributed by atoms with Crippen molar-refractivity contribution in [3.8, 4) is 16.5 Å². The Morgan fingerprint density at radius 3 is 2.86 bits per heavy atom. The van der Waals surface area contributed by atoms with Gasteiger partial charge in [0.2, 0.25) is 5.88 Å². The minimum atomic E-state index is -0.354. The molecule has 3 rings (SSSR count). The fourth-order valence-electron chi connectivity index (χ4n) is 2.36. The summed E-state index contributed by atoms with van der Waals surface area (Å²) in [6, 6.07) is 8.58. The molecule has 0 radical (unpaired) electrons. The number of carbonyl (C=O) groups excluding carboxylic acids is 1. The summed E-state index contributed by atoms with van der Waals surface area (Å²) in [4.78, 5) is 25.5. The van der Waals surface area contributed by atoms with Crippen LogP contribution in [-0.4, -0.2) is 39.4 Å². The van der Waals surface area contributed by atoms with Crippen molar-refractivity contribution in [2.75, 3.05) is 11.9 Å². The number of hydrogen-bond donors (Lipinski definition) is 3. The van der Waals surface area contributed by atoms with Gasteiger partial charge >= 0.3 is 0 Å². The number of hydrogen-bond acceptors (Lipinski definition) is 8. The zero-order valence-corrected chi connectivity index (χ0v) is 15.9. The maximum absolute atomic E-state index is 12.3. The molecule has 0 spiro atoms. The quantitative estimate of drug-likeness (QED) is 0.503. The van der Waals surface area contributed by atoms with Crippen LogP contribution in [0.1, 0.15) is 28.7 Å². The first-order valence-corrected chi connectivity index (χ1v) is 9.33. The van der Waals surface area contributed by atoms with E-state index in [1.165, 1.54) is 17.6 Å².